The first kappa shape index (κ1) is 9.48. The highest BCUT2D eigenvalue weighted by atomic mass is 14.0. The Balaban J connectivity index is 3.70. The topological polar surface area (TPSA) is 0 Å². The van der Waals surface area contributed by atoms with Crippen molar-refractivity contribution in [3.05, 3.63) is 30.7 Å². The van der Waals surface area contributed by atoms with Crippen LogP contribution in [0.25, 0.3) is 0 Å². The maximum atomic E-state index is 3.97. The molecule has 0 aliphatic carbocycles. The lowest BCUT2D eigenvalue weighted by atomic mass is 10.00. The molecule has 0 amide bonds. The Kier molecular flexibility index (Phi) is 4.10. The molecule has 1 atom stereocenters. The van der Waals surface area contributed by atoms with E-state index in [-0.39, 0.29) is 0 Å². The van der Waals surface area contributed by atoms with E-state index < -0.39 is 0 Å². The highest BCUT2D eigenvalue weighted by Crippen LogP contribution is 2.12. The van der Waals surface area contributed by atoms with Crippen LogP contribution in [0.15, 0.2) is 23.8 Å². The van der Waals surface area contributed by atoms with E-state index >= 15 is 0 Å². The molecule has 0 spiro atoms. The van der Waals surface area contributed by atoms with Gasteiger partial charge in [0.25, 0.3) is 0 Å². The first-order valence-corrected chi connectivity index (χ1v) is 3.66. The molecule has 0 bridgehead atoms. The van der Waals surface area contributed by atoms with Crippen LogP contribution in [0.2, 0.25) is 0 Å². The maximum Gasteiger partial charge on any atom is -0.0174 e. The Hall–Kier alpha value is -0.520. The monoisotopic (exact) mass is 137 g/mol. The molecule has 0 aromatic carbocycles. The standard InChI is InChI=1S/C10H17/c1-8(2)6-7-10(5)9(3)4/h6,10H,3,5,7H2,1-2,4H3. The fraction of sp³-hybridized carbons (Fsp3) is 0.500. The van der Waals surface area contributed by atoms with Gasteiger partial charge in [0.2, 0.25) is 0 Å². The van der Waals surface area contributed by atoms with Gasteiger partial charge in [-0.15, -0.1) is 0 Å². The average Bonchev–Trinajstić information content (AvgIpc) is 1.82. The van der Waals surface area contributed by atoms with Crippen molar-refractivity contribution in [3.8, 4) is 0 Å². The van der Waals surface area contributed by atoms with Crippen molar-refractivity contribution >= 4 is 0 Å². The molecule has 0 heteroatoms. The molecule has 0 N–H and O–H groups in total. The smallest absolute Gasteiger partial charge is 0.0174 e. The van der Waals surface area contributed by atoms with Gasteiger partial charge in [-0.2, -0.15) is 0 Å². The lowest BCUT2D eigenvalue weighted by Gasteiger charge is -2.06. The molecule has 0 fully saturated rings. The van der Waals surface area contributed by atoms with Crippen LogP contribution in [0.1, 0.15) is 27.2 Å². The predicted molar refractivity (Wildman–Crippen MR) is 47.7 cm³/mol. The van der Waals surface area contributed by atoms with Crippen molar-refractivity contribution < 1.29 is 0 Å². The molecule has 1 radical (unpaired) electrons. The van der Waals surface area contributed by atoms with E-state index in [4.69, 9.17) is 0 Å². The molecule has 0 aromatic heterocycles. The van der Waals surface area contributed by atoms with Gasteiger partial charge < -0.3 is 0 Å². The highest BCUT2D eigenvalue weighted by molar-refractivity contribution is 5.03. The van der Waals surface area contributed by atoms with E-state index in [0.29, 0.717) is 5.92 Å². The van der Waals surface area contributed by atoms with Crippen LogP contribution < -0.4 is 0 Å². The lowest BCUT2D eigenvalue weighted by Crippen LogP contribution is -1.92. The van der Waals surface area contributed by atoms with E-state index in [1.807, 2.05) is 6.92 Å². The second kappa shape index (κ2) is 4.32. The summed E-state index contributed by atoms with van der Waals surface area (Å²) in [4.78, 5) is 0. The SMILES string of the molecule is [CH2]C(CC=C(C)C)C(=C)C. The normalized spacial score (nSPS) is 12.4. The van der Waals surface area contributed by atoms with Crippen LogP contribution in [0.5, 0.6) is 0 Å². The molecule has 10 heavy (non-hydrogen) atoms. The van der Waals surface area contributed by atoms with Gasteiger partial charge in [0.15, 0.2) is 0 Å². The van der Waals surface area contributed by atoms with E-state index in [1.54, 1.807) is 0 Å². The summed E-state index contributed by atoms with van der Waals surface area (Å²) in [6.45, 7) is 14.0. The van der Waals surface area contributed by atoms with E-state index in [9.17, 15) is 0 Å². The summed E-state index contributed by atoms with van der Waals surface area (Å²) in [7, 11) is 0. The number of allylic oxidation sites excluding steroid dienone is 3. The largest absolute Gasteiger partial charge is 0.0998 e. The summed E-state index contributed by atoms with van der Waals surface area (Å²) >= 11 is 0. The fourth-order valence-corrected chi connectivity index (χ4v) is 0.579. The van der Waals surface area contributed by atoms with Crippen molar-refractivity contribution in [2.24, 2.45) is 5.92 Å². The van der Waals surface area contributed by atoms with Gasteiger partial charge >= 0.3 is 0 Å². The third kappa shape index (κ3) is 4.37. The second-order valence-corrected chi connectivity index (χ2v) is 3.06. The molecule has 57 valence electrons. The van der Waals surface area contributed by atoms with Crippen molar-refractivity contribution in [3.63, 3.8) is 0 Å². The van der Waals surface area contributed by atoms with Crippen molar-refractivity contribution in [2.45, 2.75) is 27.2 Å². The predicted octanol–water partition coefficient (Wildman–Crippen LogP) is 3.37. The van der Waals surface area contributed by atoms with Crippen LogP contribution in [0.3, 0.4) is 0 Å². The first-order chi connectivity index (χ1) is 4.54. The average molecular weight is 137 g/mol. The third-order valence-electron chi connectivity index (χ3n) is 1.51. The van der Waals surface area contributed by atoms with E-state index in [0.717, 1.165) is 12.0 Å². The van der Waals surface area contributed by atoms with Crippen LogP contribution >= 0.6 is 0 Å². The van der Waals surface area contributed by atoms with Gasteiger partial charge in [-0.05, 0) is 40.0 Å². The van der Waals surface area contributed by atoms with Gasteiger partial charge in [-0.25, -0.2) is 0 Å². The van der Waals surface area contributed by atoms with Crippen LogP contribution in [-0.4, -0.2) is 0 Å². The summed E-state index contributed by atoms with van der Waals surface area (Å²) in [5, 5.41) is 0. The van der Waals surface area contributed by atoms with Crippen LogP contribution in [0, 0.1) is 12.8 Å². The zero-order valence-electron chi connectivity index (χ0n) is 7.28. The zero-order valence-corrected chi connectivity index (χ0v) is 7.28. The quantitative estimate of drug-likeness (QED) is 0.523. The van der Waals surface area contributed by atoms with Gasteiger partial charge in [0, 0.05) is 0 Å². The molecular formula is C10H17. The van der Waals surface area contributed by atoms with Crippen LogP contribution in [-0.2, 0) is 0 Å². The summed E-state index contributed by atoms with van der Waals surface area (Å²) in [6, 6.07) is 0. The Bertz CT molecular complexity index is 136. The minimum Gasteiger partial charge on any atom is -0.0998 e. The molecule has 0 nitrogen and oxygen atoms in total. The van der Waals surface area contributed by atoms with Gasteiger partial charge in [0.1, 0.15) is 0 Å². The number of rotatable bonds is 3. The Morgan fingerprint density at radius 3 is 2.20 bits per heavy atom. The van der Waals surface area contributed by atoms with Gasteiger partial charge in [-0.1, -0.05) is 23.8 Å². The molecule has 0 aliphatic heterocycles. The maximum absolute atomic E-state index is 3.97. The molecule has 0 aromatic rings. The minimum atomic E-state index is 0.384. The Morgan fingerprint density at radius 2 is 1.90 bits per heavy atom. The summed E-state index contributed by atoms with van der Waals surface area (Å²) < 4.78 is 0. The fourth-order valence-electron chi connectivity index (χ4n) is 0.579. The lowest BCUT2D eigenvalue weighted by molar-refractivity contribution is 0.770. The molecule has 0 aliphatic rings. The molecule has 0 saturated carbocycles. The number of hydrogen-bond donors (Lipinski definition) is 0. The highest BCUT2D eigenvalue weighted by Gasteiger charge is 1.98. The van der Waals surface area contributed by atoms with Gasteiger partial charge in [0.05, 0.1) is 0 Å². The van der Waals surface area contributed by atoms with E-state index in [1.165, 1.54) is 5.57 Å². The van der Waals surface area contributed by atoms with Gasteiger partial charge in [-0.3, -0.25) is 0 Å². The summed E-state index contributed by atoms with van der Waals surface area (Å²) in [5.74, 6) is 0.384. The van der Waals surface area contributed by atoms with Crippen molar-refractivity contribution in [1.82, 2.24) is 0 Å². The number of hydrogen-bond acceptors (Lipinski definition) is 0. The molecule has 0 heterocycles. The molecule has 0 saturated heterocycles. The molecule has 1 unspecified atom stereocenters. The first-order valence-electron chi connectivity index (χ1n) is 3.66. The molecular weight excluding hydrogens is 120 g/mol. The van der Waals surface area contributed by atoms with Crippen LogP contribution in [0.4, 0.5) is 0 Å². The van der Waals surface area contributed by atoms with Crippen molar-refractivity contribution in [2.75, 3.05) is 0 Å². The van der Waals surface area contributed by atoms with Crippen molar-refractivity contribution in [1.29, 1.82) is 0 Å². The second-order valence-electron chi connectivity index (χ2n) is 3.06. The Labute approximate surface area is 64.6 Å². The molecule has 0 rings (SSSR count). The zero-order chi connectivity index (χ0) is 8.15. The summed E-state index contributed by atoms with van der Waals surface area (Å²) in [5.41, 5.74) is 2.52. The summed E-state index contributed by atoms with van der Waals surface area (Å²) in [6.07, 6.45) is 3.23. The third-order valence-corrected chi connectivity index (χ3v) is 1.51. The van der Waals surface area contributed by atoms with E-state index in [2.05, 4.69) is 33.4 Å². The minimum absolute atomic E-state index is 0.384. The Morgan fingerprint density at radius 1 is 1.40 bits per heavy atom.